The predicted molar refractivity (Wildman–Crippen MR) is 80.9 cm³/mol. The Balaban J connectivity index is 2.08. The van der Waals surface area contributed by atoms with Gasteiger partial charge in [-0.25, -0.2) is 4.39 Å². The van der Waals surface area contributed by atoms with E-state index >= 15 is 0 Å². The molecule has 0 aliphatic carbocycles. The number of nitrogens with zero attached hydrogens (tertiary/aromatic N) is 1. The summed E-state index contributed by atoms with van der Waals surface area (Å²) >= 11 is 0. The summed E-state index contributed by atoms with van der Waals surface area (Å²) in [5, 5.41) is 11.0. The molecule has 0 radical (unpaired) electrons. The van der Waals surface area contributed by atoms with Crippen molar-refractivity contribution in [3.05, 3.63) is 35.4 Å². The van der Waals surface area contributed by atoms with E-state index in [0.717, 1.165) is 5.56 Å². The lowest BCUT2D eigenvalue weighted by Gasteiger charge is -2.25. The molecular formula is C16H17FN2O5. The van der Waals surface area contributed by atoms with Crippen LogP contribution in [0.5, 0.6) is 0 Å². The number of hydrogen-bond acceptors (Lipinski definition) is 4. The van der Waals surface area contributed by atoms with Gasteiger partial charge >= 0.3 is 5.97 Å². The zero-order valence-corrected chi connectivity index (χ0v) is 13.0. The van der Waals surface area contributed by atoms with Crippen molar-refractivity contribution in [3.63, 3.8) is 0 Å². The van der Waals surface area contributed by atoms with Crippen molar-refractivity contribution in [1.82, 2.24) is 10.2 Å². The van der Waals surface area contributed by atoms with Gasteiger partial charge in [0.2, 0.25) is 5.91 Å². The summed E-state index contributed by atoms with van der Waals surface area (Å²) in [6.45, 7) is 0.335. The zero-order valence-electron chi connectivity index (χ0n) is 13.0. The van der Waals surface area contributed by atoms with Crippen molar-refractivity contribution in [2.75, 3.05) is 6.67 Å². The molecule has 1 aliphatic rings. The lowest BCUT2D eigenvalue weighted by molar-refractivity contribution is -0.140. The van der Waals surface area contributed by atoms with Crippen LogP contribution in [0.1, 0.15) is 29.3 Å². The smallest absolute Gasteiger partial charge is 0.305 e. The number of carbonyl (C=O) groups excluding carboxylic acids is 3. The van der Waals surface area contributed by atoms with E-state index in [9.17, 15) is 23.6 Å². The summed E-state index contributed by atoms with van der Waals surface area (Å²) in [5.74, 6) is -3.38. The van der Waals surface area contributed by atoms with Gasteiger partial charge in [0.25, 0.3) is 5.91 Å². The number of carboxylic acid groups (broad SMARTS) is 1. The fraction of sp³-hybridized carbons (Fsp3) is 0.375. The number of amides is 2. The van der Waals surface area contributed by atoms with Crippen molar-refractivity contribution in [2.24, 2.45) is 0 Å². The van der Waals surface area contributed by atoms with E-state index in [4.69, 9.17) is 5.11 Å². The van der Waals surface area contributed by atoms with Crippen LogP contribution in [0, 0.1) is 0 Å². The van der Waals surface area contributed by atoms with Crippen LogP contribution in [0.4, 0.5) is 4.39 Å². The lowest BCUT2D eigenvalue weighted by atomic mass is 10.1. The molecule has 1 aromatic carbocycles. The minimum atomic E-state index is -1.46. The van der Waals surface area contributed by atoms with E-state index in [1.165, 1.54) is 11.8 Å². The van der Waals surface area contributed by atoms with E-state index in [2.05, 4.69) is 5.32 Å². The third kappa shape index (κ3) is 3.58. The highest BCUT2D eigenvalue weighted by atomic mass is 19.1. The maximum Gasteiger partial charge on any atom is 0.305 e. The first-order chi connectivity index (χ1) is 11.3. The number of Topliss-reactive ketones (excluding diaryl/α,β-unsaturated/α-hetero) is 1. The second kappa shape index (κ2) is 7.20. The second-order valence-corrected chi connectivity index (χ2v) is 5.53. The summed E-state index contributed by atoms with van der Waals surface area (Å²) in [7, 11) is 0. The highest BCUT2D eigenvalue weighted by Crippen LogP contribution is 2.24. The first-order valence-corrected chi connectivity index (χ1v) is 7.35. The molecule has 2 amide bonds. The van der Waals surface area contributed by atoms with Crippen LogP contribution in [-0.2, 0) is 20.9 Å². The normalized spacial score (nSPS) is 15.6. The Labute approximate surface area is 137 Å². The monoisotopic (exact) mass is 336 g/mol. The number of hydrogen-bond donors (Lipinski definition) is 2. The molecule has 2 unspecified atom stereocenters. The summed E-state index contributed by atoms with van der Waals surface area (Å²) in [4.78, 5) is 48.1. The maximum atomic E-state index is 12.5. The molecule has 0 saturated heterocycles. The summed E-state index contributed by atoms with van der Waals surface area (Å²) in [6.07, 6.45) is -0.713. The third-order valence-corrected chi connectivity index (χ3v) is 3.91. The molecule has 1 aromatic rings. The summed E-state index contributed by atoms with van der Waals surface area (Å²) in [5.41, 5.74) is 1.28. The topological polar surface area (TPSA) is 104 Å². The fourth-order valence-corrected chi connectivity index (χ4v) is 2.54. The average Bonchev–Trinajstić information content (AvgIpc) is 2.89. The van der Waals surface area contributed by atoms with Crippen LogP contribution in [0.3, 0.4) is 0 Å². The Hall–Kier alpha value is -2.77. The number of carbonyl (C=O) groups is 4. The van der Waals surface area contributed by atoms with Gasteiger partial charge in [0.05, 0.1) is 6.42 Å². The number of benzene rings is 1. The molecule has 2 N–H and O–H groups in total. The van der Waals surface area contributed by atoms with E-state index in [-0.39, 0.29) is 12.5 Å². The molecule has 1 heterocycles. The van der Waals surface area contributed by atoms with Crippen molar-refractivity contribution in [3.8, 4) is 0 Å². The number of alkyl halides is 1. The molecule has 1 aliphatic heterocycles. The van der Waals surface area contributed by atoms with E-state index in [1.54, 1.807) is 24.3 Å². The van der Waals surface area contributed by atoms with Crippen LogP contribution < -0.4 is 5.32 Å². The van der Waals surface area contributed by atoms with Crippen molar-refractivity contribution in [1.29, 1.82) is 0 Å². The molecule has 0 fully saturated rings. The molecule has 0 bridgehead atoms. The Morgan fingerprint density at radius 2 is 2.00 bits per heavy atom. The molecule has 0 aromatic heterocycles. The lowest BCUT2D eigenvalue weighted by Crippen LogP contribution is -2.51. The molecule has 0 spiro atoms. The minimum Gasteiger partial charge on any atom is -0.481 e. The first kappa shape index (κ1) is 17.6. The SMILES string of the molecule is CC(C(=O)NC(CC(=O)O)C(=O)CF)N1Cc2ccccc2C1=O. The van der Waals surface area contributed by atoms with Gasteiger partial charge in [0.15, 0.2) is 5.78 Å². The van der Waals surface area contributed by atoms with Crippen LogP contribution in [0.15, 0.2) is 24.3 Å². The molecule has 24 heavy (non-hydrogen) atoms. The van der Waals surface area contributed by atoms with E-state index < -0.39 is 42.8 Å². The van der Waals surface area contributed by atoms with Gasteiger partial charge in [-0.05, 0) is 18.6 Å². The van der Waals surface area contributed by atoms with Crippen molar-refractivity contribution < 1.29 is 28.7 Å². The van der Waals surface area contributed by atoms with Crippen LogP contribution in [0.25, 0.3) is 0 Å². The van der Waals surface area contributed by atoms with Gasteiger partial charge in [-0.1, -0.05) is 18.2 Å². The van der Waals surface area contributed by atoms with E-state index in [1.807, 2.05) is 0 Å². The Morgan fingerprint density at radius 1 is 1.33 bits per heavy atom. The Morgan fingerprint density at radius 3 is 2.58 bits per heavy atom. The molecule has 7 nitrogen and oxygen atoms in total. The van der Waals surface area contributed by atoms with Gasteiger partial charge in [-0.3, -0.25) is 19.2 Å². The number of nitrogens with one attached hydrogen (secondary N) is 1. The highest BCUT2D eigenvalue weighted by molar-refractivity contribution is 6.01. The zero-order chi connectivity index (χ0) is 17.9. The van der Waals surface area contributed by atoms with Gasteiger partial charge in [0, 0.05) is 12.1 Å². The Bertz CT molecular complexity index is 691. The molecule has 128 valence electrons. The van der Waals surface area contributed by atoms with Gasteiger partial charge in [-0.2, -0.15) is 0 Å². The number of carboxylic acids is 1. The maximum absolute atomic E-state index is 12.5. The summed E-state index contributed by atoms with van der Waals surface area (Å²) in [6, 6.07) is 4.55. The van der Waals surface area contributed by atoms with Gasteiger partial charge in [-0.15, -0.1) is 0 Å². The van der Waals surface area contributed by atoms with Crippen LogP contribution >= 0.6 is 0 Å². The highest BCUT2D eigenvalue weighted by Gasteiger charge is 2.35. The molecular weight excluding hydrogens is 319 g/mol. The Kier molecular flexibility index (Phi) is 5.28. The number of rotatable bonds is 7. The van der Waals surface area contributed by atoms with E-state index in [0.29, 0.717) is 5.56 Å². The average molecular weight is 336 g/mol. The number of fused-ring (bicyclic) bond motifs is 1. The number of aliphatic carboxylic acids is 1. The van der Waals surface area contributed by atoms with Crippen molar-refractivity contribution in [2.45, 2.75) is 32.0 Å². The minimum absolute atomic E-state index is 0.240. The van der Waals surface area contributed by atoms with Crippen LogP contribution in [-0.4, -0.2) is 52.3 Å². The molecule has 0 saturated carbocycles. The summed E-state index contributed by atoms with van der Waals surface area (Å²) < 4.78 is 12.5. The third-order valence-electron chi connectivity index (χ3n) is 3.91. The number of halogens is 1. The quantitative estimate of drug-likeness (QED) is 0.756. The van der Waals surface area contributed by atoms with Crippen LogP contribution in [0.2, 0.25) is 0 Å². The molecule has 2 atom stereocenters. The largest absolute Gasteiger partial charge is 0.481 e. The predicted octanol–water partition coefficient (Wildman–Crippen LogP) is 0.529. The second-order valence-electron chi connectivity index (χ2n) is 5.53. The fourth-order valence-electron chi connectivity index (χ4n) is 2.54. The van der Waals surface area contributed by atoms with Gasteiger partial charge < -0.3 is 15.3 Å². The molecule has 8 heteroatoms. The van der Waals surface area contributed by atoms with Crippen molar-refractivity contribution >= 4 is 23.6 Å². The first-order valence-electron chi connectivity index (χ1n) is 7.35. The number of ketones is 1. The standard InChI is InChI=1S/C16H17FN2O5/c1-9(15(23)18-12(6-14(21)22)13(20)7-17)19-8-10-4-2-3-5-11(10)16(19)24/h2-5,9,12H,6-8H2,1H3,(H,18,23)(H,21,22). The molecule has 2 rings (SSSR count). The van der Waals surface area contributed by atoms with Gasteiger partial charge in [0.1, 0.15) is 18.8 Å².